The molecule has 7 nitrogen and oxygen atoms in total. The van der Waals surface area contributed by atoms with Crippen molar-refractivity contribution < 1.29 is 18.0 Å². The molecule has 4 rings (SSSR count). The molecule has 4 aromatic carbocycles. The minimum Gasteiger partial charge on any atom is -0.366 e. The first-order chi connectivity index (χ1) is 17.3. The fourth-order valence-corrected chi connectivity index (χ4v) is 5.48. The summed E-state index contributed by atoms with van der Waals surface area (Å²) in [6.07, 6.45) is 0. The molecule has 0 heterocycles. The lowest BCUT2D eigenvalue weighted by Gasteiger charge is -2.17. The maximum Gasteiger partial charge on any atom is 0.261 e. The maximum atomic E-state index is 13.2. The van der Waals surface area contributed by atoms with Gasteiger partial charge in [0.1, 0.15) is 5.25 Å². The van der Waals surface area contributed by atoms with Crippen molar-refractivity contribution in [1.82, 2.24) is 0 Å². The van der Waals surface area contributed by atoms with Crippen LogP contribution in [-0.4, -0.2) is 20.2 Å². The Morgan fingerprint density at radius 2 is 1.28 bits per heavy atom. The van der Waals surface area contributed by atoms with Crippen molar-refractivity contribution in [3.8, 4) is 0 Å². The molecule has 36 heavy (non-hydrogen) atoms. The number of hydrogen-bond acceptors (Lipinski definition) is 5. The van der Waals surface area contributed by atoms with Gasteiger partial charge in [-0.2, -0.15) is 0 Å². The molecule has 4 aromatic rings. The van der Waals surface area contributed by atoms with Crippen molar-refractivity contribution in [3.05, 3.63) is 120 Å². The van der Waals surface area contributed by atoms with Crippen LogP contribution in [0.4, 0.5) is 11.4 Å². The summed E-state index contributed by atoms with van der Waals surface area (Å²) < 4.78 is 27.7. The highest BCUT2D eigenvalue weighted by atomic mass is 32.2. The van der Waals surface area contributed by atoms with Gasteiger partial charge in [0.2, 0.25) is 11.8 Å². The van der Waals surface area contributed by atoms with Crippen LogP contribution in [0, 0.1) is 0 Å². The normalized spacial score (nSPS) is 11.9. The number of sulfonamides is 1. The Morgan fingerprint density at radius 1 is 0.722 bits per heavy atom. The molecular weight excluding hydrogens is 494 g/mol. The van der Waals surface area contributed by atoms with Gasteiger partial charge in [0.15, 0.2) is 0 Å². The van der Waals surface area contributed by atoms with Crippen molar-refractivity contribution in [1.29, 1.82) is 0 Å². The van der Waals surface area contributed by atoms with Crippen molar-refractivity contribution >= 4 is 45.0 Å². The SMILES string of the molecule is NC(=O)c1ccc(NC(=O)C(Sc2ccc(NS(=O)(=O)c3ccccc3)cc2)c2ccccc2)cc1. The zero-order chi connectivity index (χ0) is 25.5. The van der Waals surface area contributed by atoms with Crippen LogP contribution in [0.5, 0.6) is 0 Å². The van der Waals surface area contributed by atoms with Crippen LogP contribution in [0.15, 0.2) is 119 Å². The van der Waals surface area contributed by atoms with Gasteiger partial charge in [-0.3, -0.25) is 14.3 Å². The van der Waals surface area contributed by atoms with E-state index in [0.29, 0.717) is 16.9 Å². The Balaban J connectivity index is 1.50. The average molecular weight is 518 g/mol. The molecule has 9 heteroatoms. The summed E-state index contributed by atoms with van der Waals surface area (Å²) >= 11 is 1.34. The number of benzene rings is 4. The summed E-state index contributed by atoms with van der Waals surface area (Å²) in [4.78, 5) is 25.5. The van der Waals surface area contributed by atoms with E-state index in [1.807, 2.05) is 30.3 Å². The first-order valence-corrected chi connectivity index (χ1v) is 13.3. The third-order valence-corrected chi connectivity index (χ3v) is 7.85. The number of rotatable bonds is 9. The Bertz CT molecular complexity index is 1440. The van der Waals surface area contributed by atoms with E-state index in [9.17, 15) is 18.0 Å². The van der Waals surface area contributed by atoms with E-state index in [1.54, 1.807) is 66.7 Å². The molecule has 0 saturated carbocycles. The summed E-state index contributed by atoms with van der Waals surface area (Å²) in [6.45, 7) is 0. The number of carbonyl (C=O) groups excluding carboxylic acids is 2. The molecule has 0 aliphatic heterocycles. The average Bonchev–Trinajstić information content (AvgIpc) is 2.89. The summed E-state index contributed by atoms with van der Waals surface area (Å²) in [5.41, 5.74) is 7.40. The van der Waals surface area contributed by atoms with E-state index in [2.05, 4.69) is 10.0 Å². The number of nitrogens with two attached hydrogens (primary N) is 1. The van der Waals surface area contributed by atoms with Crippen LogP contribution in [0.2, 0.25) is 0 Å². The first-order valence-electron chi connectivity index (χ1n) is 10.9. The topological polar surface area (TPSA) is 118 Å². The highest BCUT2D eigenvalue weighted by Gasteiger charge is 2.22. The van der Waals surface area contributed by atoms with Crippen LogP contribution in [0.3, 0.4) is 0 Å². The largest absolute Gasteiger partial charge is 0.366 e. The highest BCUT2D eigenvalue weighted by molar-refractivity contribution is 8.00. The Kier molecular flexibility index (Phi) is 7.72. The lowest BCUT2D eigenvalue weighted by molar-refractivity contribution is -0.115. The zero-order valence-electron chi connectivity index (χ0n) is 19.0. The quantitative estimate of drug-likeness (QED) is 0.268. The number of hydrogen-bond donors (Lipinski definition) is 3. The smallest absolute Gasteiger partial charge is 0.261 e. The summed E-state index contributed by atoms with van der Waals surface area (Å²) in [7, 11) is -3.70. The summed E-state index contributed by atoms with van der Waals surface area (Å²) in [5, 5.41) is 2.31. The van der Waals surface area contributed by atoms with E-state index in [1.165, 1.54) is 23.9 Å². The molecule has 2 amide bonds. The third-order valence-electron chi connectivity index (χ3n) is 5.19. The van der Waals surface area contributed by atoms with Gasteiger partial charge in [-0.1, -0.05) is 48.5 Å². The molecular formula is C27H23N3O4S2. The molecule has 4 N–H and O–H groups in total. The zero-order valence-corrected chi connectivity index (χ0v) is 20.6. The summed E-state index contributed by atoms with van der Waals surface area (Å²) in [6, 6.07) is 30.7. The molecule has 0 fully saturated rings. The number of primary amides is 1. The second kappa shape index (κ2) is 11.1. The molecule has 0 spiro atoms. The number of anilines is 2. The highest BCUT2D eigenvalue weighted by Crippen LogP contribution is 2.37. The standard InChI is InChI=1S/C27H23N3O4S2/c28-26(31)20-11-13-21(14-12-20)29-27(32)25(19-7-3-1-4-8-19)35-23-17-15-22(16-18-23)30-36(33,34)24-9-5-2-6-10-24/h1-18,25,30H,(H2,28,31)(H,29,32). The van der Waals surface area contributed by atoms with Gasteiger partial charge in [0, 0.05) is 21.8 Å². The van der Waals surface area contributed by atoms with Crippen molar-refractivity contribution in [2.24, 2.45) is 5.73 Å². The molecule has 0 saturated heterocycles. The molecule has 1 unspecified atom stereocenters. The Morgan fingerprint density at radius 3 is 1.86 bits per heavy atom. The lowest BCUT2D eigenvalue weighted by Crippen LogP contribution is -2.19. The van der Waals surface area contributed by atoms with Crippen LogP contribution in [-0.2, 0) is 14.8 Å². The minimum atomic E-state index is -3.70. The Hall–Kier alpha value is -4.08. The fourth-order valence-electron chi connectivity index (χ4n) is 3.38. The maximum absolute atomic E-state index is 13.2. The molecule has 0 radical (unpaired) electrons. The van der Waals surface area contributed by atoms with E-state index < -0.39 is 21.2 Å². The number of amides is 2. The molecule has 182 valence electrons. The number of thioether (sulfide) groups is 1. The van der Waals surface area contributed by atoms with E-state index >= 15 is 0 Å². The van der Waals surface area contributed by atoms with E-state index in [4.69, 9.17) is 5.73 Å². The van der Waals surface area contributed by atoms with Crippen molar-refractivity contribution in [2.75, 3.05) is 10.0 Å². The third kappa shape index (κ3) is 6.32. The van der Waals surface area contributed by atoms with Gasteiger partial charge >= 0.3 is 0 Å². The number of carbonyl (C=O) groups is 2. The van der Waals surface area contributed by atoms with Gasteiger partial charge in [-0.25, -0.2) is 8.42 Å². The van der Waals surface area contributed by atoms with Gasteiger partial charge < -0.3 is 11.1 Å². The van der Waals surface area contributed by atoms with Gasteiger partial charge in [-0.15, -0.1) is 11.8 Å². The van der Waals surface area contributed by atoms with Crippen LogP contribution < -0.4 is 15.8 Å². The predicted molar refractivity (Wildman–Crippen MR) is 142 cm³/mol. The van der Waals surface area contributed by atoms with Crippen LogP contribution in [0.1, 0.15) is 21.2 Å². The molecule has 0 aliphatic carbocycles. The fraction of sp³-hybridized carbons (Fsp3) is 0.0370. The second-order valence-electron chi connectivity index (χ2n) is 7.78. The number of nitrogens with one attached hydrogen (secondary N) is 2. The molecule has 0 aromatic heterocycles. The Labute approximate surface area is 213 Å². The van der Waals surface area contributed by atoms with E-state index in [-0.39, 0.29) is 10.8 Å². The first kappa shape index (κ1) is 25.0. The van der Waals surface area contributed by atoms with Crippen LogP contribution >= 0.6 is 11.8 Å². The van der Waals surface area contributed by atoms with Gasteiger partial charge in [0.05, 0.1) is 4.90 Å². The van der Waals surface area contributed by atoms with Crippen molar-refractivity contribution in [2.45, 2.75) is 15.0 Å². The molecule has 1 atom stereocenters. The summed E-state index contributed by atoms with van der Waals surface area (Å²) in [5.74, 6) is -0.785. The van der Waals surface area contributed by atoms with Gasteiger partial charge in [0.25, 0.3) is 10.0 Å². The van der Waals surface area contributed by atoms with Gasteiger partial charge in [-0.05, 0) is 66.2 Å². The molecule has 0 aliphatic rings. The molecule has 0 bridgehead atoms. The van der Waals surface area contributed by atoms with Crippen molar-refractivity contribution in [3.63, 3.8) is 0 Å². The second-order valence-corrected chi connectivity index (χ2v) is 10.6. The minimum absolute atomic E-state index is 0.174. The predicted octanol–water partition coefficient (Wildman–Crippen LogP) is 5.06. The monoisotopic (exact) mass is 517 g/mol. The lowest BCUT2D eigenvalue weighted by atomic mass is 10.1. The van der Waals surface area contributed by atoms with E-state index in [0.717, 1.165) is 10.5 Å². The van der Waals surface area contributed by atoms with Crippen LogP contribution in [0.25, 0.3) is 0 Å².